The molecule has 90 valence electrons. The fourth-order valence-corrected chi connectivity index (χ4v) is 2.51. The van der Waals surface area contributed by atoms with E-state index < -0.39 is 17.4 Å². The Hall–Kier alpha value is -1.10. The second-order valence-electron chi connectivity index (χ2n) is 4.96. The largest absolute Gasteiger partial charge is 0.481 e. The van der Waals surface area contributed by atoms with Gasteiger partial charge in [0.05, 0.1) is 11.5 Å². The van der Waals surface area contributed by atoms with E-state index >= 15 is 0 Å². The standard InChI is InChI=1S/C11H18N2O3/c12-11(4-2-1-3-5-11)10(16)13-6-8(7-13)9(14)15/h8H,1-7,12H2,(H,14,15). The molecule has 0 bridgehead atoms. The van der Waals surface area contributed by atoms with Gasteiger partial charge in [0, 0.05) is 13.1 Å². The maximum atomic E-state index is 12.1. The maximum absolute atomic E-state index is 12.1. The van der Waals surface area contributed by atoms with E-state index in [4.69, 9.17) is 10.8 Å². The Morgan fingerprint density at radius 1 is 1.19 bits per heavy atom. The topological polar surface area (TPSA) is 83.6 Å². The number of aliphatic carboxylic acids is 1. The highest BCUT2D eigenvalue weighted by Gasteiger charge is 2.44. The molecule has 2 aliphatic rings. The van der Waals surface area contributed by atoms with E-state index in [1.807, 2.05) is 0 Å². The van der Waals surface area contributed by atoms with Crippen molar-refractivity contribution in [3.05, 3.63) is 0 Å². The number of hydrogen-bond acceptors (Lipinski definition) is 3. The third-order valence-electron chi connectivity index (χ3n) is 3.69. The Labute approximate surface area is 94.6 Å². The maximum Gasteiger partial charge on any atom is 0.310 e. The Morgan fingerprint density at radius 2 is 1.75 bits per heavy atom. The number of carboxylic acid groups (broad SMARTS) is 1. The summed E-state index contributed by atoms with van der Waals surface area (Å²) in [4.78, 5) is 24.3. The average Bonchev–Trinajstić information content (AvgIpc) is 2.15. The van der Waals surface area contributed by atoms with Gasteiger partial charge in [0.15, 0.2) is 0 Å². The van der Waals surface area contributed by atoms with Crippen molar-refractivity contribution in [3.63, 3.8) is 0 Å². The lowest BCUT2D eigenvalue weighted by Gasteiger charge is -2.43. The molecule has 5 nitrogen and oxygen atoms in total. The van der Waals surface area contributed by atoms with Crippen molar-refractivity contribution in [1.82, 2.24) is 4.90 Å². The Morgan fingerprint density at radius 3 is 2.25 bits per heavy atom. The molecule has 0 aromatic rings. The number of likely N-dealkylation sites (tertiary alicyclic amines) is 1. The lowest BCUT2D eigenvalue weighted by molar-refractivity contribution is -0.155. The summed E-state index contributed by atoms with van der Waals surface area (Å²) in [6, 6.07) is 0. The highest BCUT2D eigenvalue weighted by Crippen LogP contribution is 2.30. The number of rotatable bonds is 2. The van der Waals surface area contributed by atoms with Crippen LogP contribution in [0.3, 0.4) is 0 Å². The monoisotopic (exact) mass is 226 g/mol. The van der Waals surface area contributed by atoms with Crippen LogP contribution in [0.4, 0.5) is 0 Å². The van der Waals surface area contributed by atoms with E-state index in [-0.39, 0.29) is 5.91 Å². The molecule has 1 amide bonds. The molecule has 0 aromatic heterocycles. The third kappa shape index (κ3) is 1.91. The fraction of sp³-hybridized carbons (Fsp3) is 0.818. The molecule has 0 aromatic carbocycles. The van der Waals surface area contributed by atoms with Crippen LogP contribution in [-0.4, -0.2) is 40.5 Å². The molecule has 1 saturated heterocycles. The lowest BCUT2D eigenvalue weighted by Crippen LogP contribution is -2.63. The van der Waals surface area contributed by atoms with E-state index in [0.29, 0.717) is 13.1 Å². The normalized spacial score (nSPS) is 24.9. The van der Waals surface area contributed by atoms with Gasteiger partial charge in [0.1, 0.15) is 0 Å². The van der Waals surface area contributed by atoms with Gasteiger partial charge in [-0.2, -0.15) is 0 Å². The van der Waals surface area contributed by atoms with Crippen molar-refractivity contribution < 1.29 is 14.7 Å². The molecule has 0 atom stereocenters. The molecule has 1 saturated carbocycles. The molecule has 1 aliphatic heterocycles. The van der Waals surface area contributed by atoms with Crippen LogP contribution in [0.15, 0.2) is 0 Å². The first kappa shape index (κ1) is 11.4. The van der Waals surface area contributed by atoms with Crippen molar-refractivity contribution in [2.75, 3.05) is 13.1 Å². The van der Waals surface area contributed by atoms with Gasteiger partial charge in [0.25, 0.3) is 0 Å². The third-order valence-corrected chi connectivity index (χ3v) is 3.69. The number of hydrogen-bond donors (Lipinski definition) is 2. The van der Waals surface area contributed by atoms with Crippen LogP contribution in [-0.2, 0) is 9.59 Å². The number of carbonyl (C=O) groups excluding carboxylic acids is 1. The minimum Gasteiger partial charge on any atom is -0.481 e. The van der Waals surface area contributed by atoms with Crippen molar-refractivity contribution in [2.45, 2.75) is 37.6 Å². The van der Waals surface area contributed by atoms with Crippen LogP contribution in [0.2, 0.25) is 0 Å². The van der Waals surface area contributed by atoms with E-state index in [2.05, 4.69) is 0 Å². The second-order valence-corrected chi connectivity index (χ2v) is 4.96. The molecule has 16 heavy (non-hydrogen) atoms. The highest BCUT2D eigenvalue weighted by molar-refractivity contribution is 5.88. The van der Waals surface area contributed by atoms with Gasteiger partial charge in [-0.15, -0.1) is 0 Å². The highest BCUT2D eigenvalue weighted by atomic mass is 16.4. The first-order chi connectivity index (χ1) is 7.53. The van der Waals surface area contributed by atoms with Crippen LogP contribution in [0.1, 0.15) is 32.1 Å². The molecule has 2 rings (SSSR count). The minimum absolute atomic E-state index is 0.0512. The minimum atomic E-state index is -0.821. The molecule has 0 unspecified atom stereocenters. The first-order valence-corrected chi connectivity index (χ1v) is 5.84. The van der Waals surface area contributed by atoms with Gasteiger partial charge in [-0.25, -0.2) is 0 Å². The van der Waals surface area contributed by atoms with Crippen LogP contribution < -0.4 is 5.73 Å². The van der Waals surface area contributed by atoms with Gasteiger partial charge in [0.2, 0.25) is 5.91 Å². The molecular weight excluding hydrogens is 208 g/mol. The molecule has 2 fully saturated rings. The number of nitrogens with zero attached hydrogens (tertiary/aromatic N) is 1. The molecule has 5 heteroatoms. The zero-order chi connectivity index (χ0) is 11.8. The Balaban J connectivity index is 1.91. The summed E-state index contributed by atoms with van der Waals surface area (Å²) in [6.07, 6.45) is 4.61. The van der Waals surface area contributed by atoms with E-state index in [9.17, 15) is 9.59 Å². The summed E-state index contributed by atoms with van der Waals surface area (Å²) >= 11 is 0. The smallest absolute Gasteiger partial charge is 0.310 e. The quantitative estimate of drug-likeness (QED) is 0.704. The van der Waals surface area contributed by atoms with Crippen LogP contribution in [0.5, 0.6) is 0 Å². The van der Waals surface area contributed by atoms with E-state index in [1.165, 1.54) is 0 Å². The summed E-state index contributed by atoms with van der Waals surface area (Å²) in [5.41, 5.74) is 5.38. The van der Waals surface area contributed by atoms with Gasteiger partial charge in [-0.1, -0.05) is 19.3 Å². The predicted molar refractivity (Wildman–Crippen MR) is 57.7 cm³/mol. The van der Waals surface area contributed by atoms with Gasteiger partial charge in [-0.05, 0) is 12.8 Å². The van der Waals surface area contributed by atoms with Crippen molar-refractivity contribution >= 4 is 11.9 Å². The summed E-state index contributed by atoms with van der Waals surface area (Å²) in [6.45, 7) is 0.653. The molecular formula is C11H18N2O3. The molecule has 1 heterocycles. The molecule has 0 radical (unpaired) electrons. The van der Waals surface area contributed by atoms with Crippen LogP contribution in [0.25, 0.3) is 0 Å². The zero-order valence-electron chi connectivity index (χ0n) is 9.32. The van der Waals surface area contributed by atoms with Crippen molar-refractivity contribution in [2.24, 2.45) is 11.7 Å². The Bertz CT molecular complexity index is 304. The lowest BCUT2D eigenvalue weighted by atomic mass is 9.80. The number of amides is 1. The fourth-order valence-electron chi connectivity index (χ4n) is 2.51. The van der Waals surface area contributed by atoms with Crippen LogP contribution in [0, 0.1) is 5.92 Å². The summed E-state index contributed by atoms with van der Waals surface area (Å²) in [5.74, 6) is -1.26. The number of nitrogens with two attached hydrogens (primary N) is 1. The van der Waals surface area contributed by atoms with E-state index in [0.717, 1.165) is 32.1 Å². The van der Waals surface area contributed by atoms with Gasteiger partial charge >= 0.3 is 5.97 Å². The Kier molecular flexibility index (Phi) is 2.88. The summed E-state index contributed by atoms with van der Waals surface area (Å²) < 4.78 is 0. The molecule has 0 spiro atoms. The van der Waals surface area contributed by atoms with Crippen LogP contribution >= 0.6 is 0 Å². The second kappa shape index (κ2) is 4.05. The first-order valence-electron chi connectivity index (χ1n) is 5.84. The van der Waals surface area contributed by atoms with Gasteiger partial charge in [-0.3, -0.25) is 9.59 Å². The van der Waals surface area contributed by atoms with Gasteiger partial charge < -0.3 is 15.7 Å². The number of carbonyl (C=O) groups is 2. The molecule has 1 aliphatic carbocycles. The number of carboxylic acids is 1. The summed E-state index contributed by atoms with van der Waals surface area (Å²) in [7, 11) is 0. The van der Waals surface area contributed by atoms with Crippen molar-refractivity contribution in [1.29, 1.82) is 0 Å². The SMILES string of the molecule is NC1(C(=O)N2CC(C(=O)O)C2)CCCCC1. The zero-order valence-corrected chi connectivity index (χ0v) is 9.32. The summed E-state index contributed by atoms with van der Waals surface area (Å²) in [5, 5.41) is 8.74. The predicted octanol–water partition coefficient (Wildman–Crippen LogP) is 0.191. The van der Waals surface area contributed by atoms with Crippen molar-refractivity contribution in [3.8, 4) is 0 Å². The average molecular weight is 226 g/mol. The van der Waals surface area contributed by atoms with E-state index in [1.54, 1.807) is 4.90 Å². The molecule has 3 N–H and O–H groups in total.